The maximum Gasteiger partial charge on any atom is 0.261 e. The van der Waals surface area contributed by atoms with E-state index in [-0.39, 0.29) is 16.8 Å². The molecule has 1 aromatic carbocycles. The molecule has 2 aromatic heterocycles. The van der Waals surface area contributed by atoms with Crippen LogP contribution in [0.25, 0.3) is 0 Å². The SMILES string of the molecule is O=C(c1ccc(S(=O)(=O)Nc2ccncc2)cc1)N1CCCC1c1ccsc1. The highest BCUT2D eigenvalue weighted by Crippen LogP contribution is 2.34. The van der Waals surface area contributed by atoms with E-state index in [1.165, 1.54) is 24.5 Å². The number of anilines is 1. The van der Waals surface area contributed by atoms with Crippen LogP contribution in [0.4, 0.5) is 5.69 Å². The minimum Gasteiger partial charge on any atom is -0.332 e. The lowest BCUT2D eigenvalue weighted by Gasteiger charge is -2.24. The van der Waals surface area contributed by atoms with Crippen LogP contribution < -0.4 is 4.72 Å². The Hall–Kier alpha value is -2.71. The zero-order valence-corrected chi connectivity index (χ0v) is 16.6. The second kappa shape index (κ2) is 7.73. The average Bonchev–Trinajstić information content (AvgIpc) is 3.39. The molecule has 1 unspecified atom stereocenters. The summed E-state index contributed by atoms with van der Waals surface area (Å²) in [6.07, 6.45) is 4.94. The van der Waals surface area contributed by atoms with Crippen LogP contribution >= 0.6 is 11.3 Å². The van der Waals surface area contributed by atoms with Gasteiger partial charge >= 0.3 is 0 Å². The summed E-state index contributed by atoms with van der Waals surface area (Å²) in [6, 6.07) is 11.4. The first kappa shape index (κ1) is 18.6. The van der Waals surface area contributed by atoms with Crippen molar-refractivity contribution in [2.75, 3.05) is 11.3 Å². The lowest BCUT2D eigenvalue weighted by molar-refractivity contribution is 0.0736. The van der Waals surface area contributed by atoms with Gasteiger partial charge in [-0.3, -0.25) is 14.5 Å². The number of aromatic nitrogens is 1. The Bertz CT molecular complexity index is 1050. The maximum absolute atomic E-state index is 13.0. The average molecular weight is 414 g/mol. The number of benzene rings is 1. The minimum absolute atomic E-state index is 0.0697. The molecule has 144 valence electrons. The van der Waals surface area contributed by atoms with Gasteiger partial charge in [-0.1, -0.05) is 0 Å². The van der Waals surface area contributed by atoms with Gasteiger partial charge in [0.15, 0.2) is 0 Å². The van der Waals surface area contributed by atoms with E-state index in [9.17, 15) is 13.2 Å². The van der Waals surface area contributed by atoms with Crippen molar-refractivity contribution in [1.82, 2.24) is 9.88 Å². The number of thiophene rings is 1. The molecule has 0 radical (unpaired) electrons. The van der Waals surface area contributed by atoms with Crippen LogP contribution in [0.1, 0.15) is 34.8 Å². The minimum atomic E-state index is -3.72. The summed E-state index contributed by atoms with van der Waals surface area (Å²) in [5.74, 6) is -0.0697. The molecular weight excluding hydrogens is 394 g/mol. The van der Waals surface area contributed by atoms with Crippen molar-refractivity contribution in [3.63, 3.8) is 0 Å². The van der Waals surface area contributed by atoms with Gasteiger partial charge < -0.3 is 4.90 Å². The summed E-state index contributed by atoms with van der Waals surface area (Å²) in [7, 11) is -3.72. The second-order valence-corrected chi connectivity index (χ2v) is 9.04. The van der Waals surface area contributed by atoms with E-state index in [0.29, 0.717) is 17.8 Å². The third-order valence-corrected chi connectivity index (χ3v) is 6.88. The van der Waals surface area contributed by atoms with E-state index in [0.717, 1.165) is 18.4 Å². The summed E-state index contributed by atoms with van der Waals surface area (Å²) >= 11 is 1.63. The fourth-order valence-corrected chi connectivity index (χ4v) is 5.16. The molecule has 4 rings (SSSR count). The highest BCUT2D eigenvalue weighted by Gasteiger charge is 2.31. The molecule has 3 heterocycles. The second-order valence-electron chi connectivity index (χ2n) is 6.58. The number of nitrogens with one attached hydrogen (secondary N) is 1. The van der Waals surface area contributed by atoms with Crippen molar-refractivity contribution in [3.8, 4) is 0 Å². The van der Waals surface area contributed by atoms with Crippen LogP contribution in [-0.4, -0.2) is 30.8 Å². The standard InChI is InChI=1S/C20H19N3O3S2/c24-20(23-12-1-2-19(23)16-9-13-27-14-16)15-3-5-18(6-4-15)28(25,26)22-17-7-10-21-11-8-17/h3-11,13-14,19H,1-2,12H2,(H,21,22). The Kier molecular flexibility index (Phi) is 5.15. The number of rotatable bonds is 5. The van der Waals surface area contributed by atoms with Gasteiger partial charge in [-0.25, -0.2) is 8.42 Å². The van der Waals surface area contributed by atoms with Crippen molar-refractivity contribution >= 4 is 33.0 Å². The zero-order chi connectivity index (χ0) is 19.6. The van der Waals surface area contributed by atoms with Crippen molar-refractivity contribution in [2.24, 2.45) is 0 Å². The Morgan fingerprint density at radius 3 is 2.54 bits per heavy atom. The Morgan fingerprint density at radius 1 is 1.11 bits per heavy atom. The summed E-state index contributed by atoms with van der Waals surface area (Å²) in [5.41, 5.74) is 2.09. The van der Waals surface area contributed by atoms with Crippen molar-refractivity contribution in [3.05, 3.63) is 76.7 Å². The first-order chi connectivity index (χ1) is 13.5. The highest BCUT2D eigenvalue weighted by molar-refractivity contribution is 7.92. The van der Waals surface area contributed by atoms with E-state index in [4.69, 9.17) is 0 Å². The molecule has 0 bridgehead atoms. The number of nitrogens with zero attached hydrogens (tertiary/aromatic N) is 2. The Labute approximate surface area is 167 Å². The van der Waals surface area contributed by atoms with Crippen LogP contribution in [0.15, 0.2) is 70.5 Å². The summed E-state index contributed by atoms with van der Waals surface area (Å²) < 4.78 is 27.5. The van der Waals surface area contributed by atoms with Gasteiger partial charge in [0.25, 0.3) is 15.9 Å². The van der Waals surface area contributed by atoms with E-state index in [1.807, 2.05) is 10.3 Å². The van der Waals surface area contributed by atoms with Crippen LogP contribution in [0.5, 0.6) is 0 Å². The van der Waals surface area contributed by atoms with Crippen LogP contribution in [0.3, 0.4) is 0 Å². The van der Waals surface area contributed by atoms with Crippen LogP contribution in [-0.2, 0) is 10.0 Å². The fraction of sp³-hybridized carbons (Fsp3) is 0.200. The Morgan fingerprint density at radius 2 is 1.86 bits per heavy atom. The predicted octanol–water partition coefficient (Wildman–Crippen LogP) is 3.92. The van der Waals surface area contributed by atoms with E-state index < -0.39 is 10.0 Å². The molecule has 1 fully saturated rings. The molecular formula is C20H19N3O3S2. The molecule has 1 saturated heterocycles. The number of likely N-dealkylation sites (tertiary alicyclic amines) is 1. The quantitative estimate of drug-likeness (QED) is 0.688. The molecule has 1 aliphatic heterocycles. The molecule has 0 saturated carbocycles. The highest BCUT2D eigenvalue weighted by atomic mass is 32.2. The lowest BCUT2D eigenvalue weighted by atomic mass is 10.1. The first-order valence-corrected chi connectivity index (χ1v) is 11.3. The van der Waals surface area contributed by atoms with E-state index in [2.05, 4.69) is 21.2 Å². The number of hydrogen-bond donors (Lipinski definition) is 1. The number of carbonyl (C=O) groups is 1. The van der Waals surface area contributed by atoms with Gasteiger partial charge in [0.1, 0.15) is 0 Å². The number of carbonyl (C=O) groups excluding carboxylic acids is 1. The van der Waals surface area contributed by atoms with Gasteiger partial charge in [0, 0.05) is 24.5 Å². The molecule has 3 aromatic rings. The zero-order valence-electron chi connectivity index (χ0n) is 15.0. The number of pyridine rings is 1. The van der Waals surface area contributed by atoms with Crippen molar-refractivity contribution < 1.29 is 13.2 Å². The number of sulfonamides is 1. The van der Waals surface area contributed by atoms with E-state index in [1.54, 1.807) is 35.6 Å². The molecule has 0 aliphatic carbocycles. The topological polar surface area (TPSA) is 79.4 Å². The van der Waals surface area contributed by atoms with Gasteiger partial charge in [0.2, 0.25) is 0 Å². The molecule has 1 N–H and O–H groups in total. The molecule has 1 aliphatic rings. The van der Waals surface area contributed by atoms with Gasteiger partial charge in [-0.15, -0.1) is 0 Å². The third kappa shape index (κ3) is 3.79. The predicted molar refractivity (Wildman–Crippen MR) is 109 cm³/mol. The summed E-state index contributed by atoms with van der Waals surface area (Å²) in [6.45, 7) is 0.711. The van der Waals surface area contributed by atoms with Crippen molar-refractivity contribution in [2.45, 2.75) is 23.8 Å². The first-order valence-electron chi connectivity index (χ1n) is 8.90. The van der Waals surface area contributed by atoms with Crippen LogP contribution in [0, 0.1) is 0 Å². The molecule has 28 heavy (non-hydrogen) atoms. The van der Waals surface area contributed by atoms with Crippen LogP contribution in [0.2, 0.25) is 0 Å². The van der Waals surface area contributed by atoms with Gasteiger partial charge in [0.05, 0.1) is 16.6 Å². The third-order valence-electron chi connectivity index (χ3n) is 4.79. The van der Waals surface area contributed by atoms with Crippen molar-refractivity contribution in [1.29, 1.82) is 0 Å². The Balaban J connectivity index is 1.52. The van der Waals surface area contributed by atoms with E-state index >= 15 is 0 Å². The maximum atomic E-state index is 13.0. The largest absolute Gasteiger partial charge is 0.332 e. The fourth-order valence-electron chi connectivity index (χ4n) is 3.40. The molecule has 1 amide bonds. The van der Waals surface area contributed by atoms with Gasteiger partial charge in [-0.05, 0) is 71.6 Å². The number of hydrogen-bond acceptors (Lipinski definition) is 5. The lowest BCUT2D eigenvalue weighted by Crippen LogP contribution is -2.30. The molecule has 0 spiro atoms. The summed E-state index contributed by atoms with van der Waals surface area (Å²) in [5, 5.41) is 4.10. The van der Waals surface area contributed by atoms with Gasteiger partial charge in [-0.2, -0.15) is 11.3 Å². The smallest absolute Gasteiger partial charge is 0.261 e. The monoisotopic (exact) mass is 413 g/mol. The summed E-state index contributed by atoms with van der Waals surface area (Å²) in [4.78, 5) is 18.8. The number of amides is 1. The molecule has 6 nitrogen and oxygen atoms in total. The normalized spacial score (nSPS) is 16.9. The molecule has 8 heteroatoms. The molecule has 1 atom stereocenters.